The van der Waals surface area contributed by atoms with E-state index in [0.29, 0.717) is 6.01 Å². The van der Waals surface area contributed by atoms with E-state index in [1.165, 1.54) is 41.3 Å². The third-order valence-electron chi connectivity index (χ3n) is 8.72. The third kappa shape index (κ3) is 3.25. The zero-order valence-electron chi connectivity index (χ0n) is 19.5. The number of anilines is 1. The highest BCUT2D eigenvalue weighted by atomic mass is 16.5. The van der Waals surface area contributed by atoms with Crippen LogP contribution in [0.15, 0.2) is 36.9 Å². The van der Waals surface area contributed by atoms with Gasteiger partial charge in [-0.05, 0) is 62.1 Å². The lowest BCUT2D eigenvalue weighted by Crippen LogP contribution is -2.61. The molecule has 1 aromatic carbocycles. The molecule has 4 aliphatic rings. The van der Waals surface area contributed by atoms with E-state index < -0.39 is 0 Å². The molecule has 1 aromatic heterocycles. The number of benzene rings is 1. The number of hydrogen-bond acceptors (Lipinski definition) is 5. The molecular weight excluding hydrogens is 412 g/mol. The van der Waals surface area contributed by atoms with Crippen LogP contribution < -0.4 is 9.64 Å². The van der Waals surface area contributed by atoms with Gasteiger partial charge in [0.25, 0.3) is 0 Å². The Labute approximate surface area is 195 Å². The van der Waals surface area contributed by atoms with Crippen LogP contribution in [-0.2, 0) is 29.5 Å². The topological polar surface area (TPSA) is 58.6 Å². The molecule has 6 rings (SSSR count). The van der Waals surface area contributed by atoms with Gasteiger partial charge in [-0.15, -0.1) is 0 Å². The average molecular weight is 445 g/mol. The molecule has 6 heteroatoms. The fourth-order valence-corrected chi connectivity index (χ4v) is 6.79. The van der Waals surface area contributed by atoms with Crippen molar-refractivity contribution < 1.29 is 9.53 Å². The Morgan fingerprint density at radius 3 is 2.61 bits per heavy atom. The molecule has 0 saturated carbocycles. The number of ether oxygens (including phenoxy) is 1. The number of amides is 1. The maximum atomic E-state index is 11.9. The van der Waals surface area contributed by atoms with E-state index in [9.17, 15) is 4.79 Å². The lowest BCUT2D eigenvalue weighted by atomic mass is 9.69. The van der Waals surface area contributed by atoms with Crippen LogP contribution in [0.25, 0.3) is 0 Å². The van der Waals surface area contributed by atoms with Gasteiger partial charge in [0.1, 0.15) is 5.82 Å². The molecule has 33 heavy (non-hydrogen) atoms. The standard InChI is InChI=1S/C27H32N4O2/c1-3-23(32)31-17-26(18-31)12-14-30(15-13-26)24-20-9-11-27(16-22(20)28-25(29-24)33-2)10-8-19-6-4-5-7-21(19)27/h3-7H,1,8-18H2,2H3. The van der Waals surface area contributed by atoms with E-state index in [2.05, 4.69) is 35.7 Å². The van der Waals surface area contributed by atoms with Crippen LogP contribution >= 0.6 is 0 Å². The van der Waals surface area contributed by atoms with Crippen molar-refractivity contribution in [2.45, 2.75) is 50.4 Å². The number of nitrogens with zero attached hydrogens (tertiary/aromatic N) is 4. The lowest BCUT2D eigenvalue weighted by molar-refractivity contribution is -0.139. The molecule has 1 atom stereocenters. The number of hydrogen-bond donors (Lipinski definition) is 0. The number of aromatic nitrogens is 2. The minimum Gasteiger partial charge on any atom is -0.467 e. The van der Waals surface area contributed by atoms with Crippen molar-refractivity contribution in [2.24, 2.45) is 5.41 Å². The maximum absolute atomic E-state index is 11.9. The third-order valence-corrected chi connectivity index (χ3v) is 8.72. The summed E-state index contributed by atoms with van der Waals surface area (Å²) in [5.74, 6) is 1.13. The summed E-state index contributed by atoms with van der Waals surface area (Å²) in [7, 11) is 1.67. The van der Waals surface area contributed by atoms with E-state index in [1.54, 1.807) is 7.11 Å². The Morgan fingerprint density at radius 2 is 1.85 bits per heavy atom. The summed E-state index contributed by atoms with van der Waals surface area (Å²) in [5.41, 5.74) is 6.00. The van der Waals surface area contributed by atoms with E-state index in [0.717, 1.165) is 64.1 Å². The smallest absolute Gasteiger partial charge is 0.318 e. The first-order valence-corrected chi connectivity index (χ1v) is 12.2. The molecule has 2 aliphatic carbocycles. The molecule has 2 fully saturated rings. The van der Waals surface area contributed by atoms with Crippen molar-refractivity contribution >= 4 is 11.7 Å². The van der Waals surface area contributed by atoms with Crippen molar-refractivity contribution in [3.63, 3.8) is 0 Å². The summed E-state index contributed by atoms with van der Waals surface area (Å²) in [6.45, 7) is 7.28. The van der Waals surface area contributed by atoms with Crippen molar-refractivity contribution in [2.75, 3.05) is 38.2 Å². The van der Waals surface area contributed by atoms with Gasteiger partial charge in [0.15, 0.2) is 0 Å². The average Bonchev–Trinajstić information content (AvgIpc) is 3.19. The van der Waals surface area contributed by atoms with Crippen LogP contribution in [0.1, 0.15) is 48.1 Å². The van der Waals surface area contributed by atoms with Crippen molar-refractivity contribution in [1.82, 2.24) is 14.9 Å². The SMILES string of the molecule is C=CC(=O)N1CC2(CCN(c3nc(OC)nc4c3CCC3(CCc5ccccc53)C4)CC2)C1. The van der Waals surface area contributed by atoms with Crippen LogP contribution in [0.4, 0.5) is 5.82 Å². The highest BCUT2D eigenvalue weighted by Gasteiger charge is 2.47. The molecule has 1 unspecified atom stereocenters. The van der Waals surface area contributed by atoms with Crippen molar-refractivity contribution in [3.8, 4) is 6.01 Å². The van der Waals surface area contributed by atoms with Gasteiger partial charge in [0.2, 0.25) is 5.91 Å². The van der Waals surface area contributed by atoms with Gasteiger partial charge in [0.05, 0.1) is 12.8 Å². The number of rotatable bonds is 3. The molecule has 6 nitrogen and oxygen atoms in total. The van der Waals surface area contributed by atoms with Crippen molar-refractivity contribution in [3.05, 3.63) is 59.3 Å². The molecule has 1 amide bonds. The molecule has 2 aliphatic heterocycles. The first-order valence-electron chi connectivity index (χ1n) is 12.2. The van der Waals surface area contributed by atoms with Crippen LogP contribution in [-0.4, -0.2) is 54.1 Å². The first-order chi connectivity index (χ1) is 16.0. The van der Waals surface area contributed by atoms with Crippen molar-refractivity contribution in [1.29, 1.82) is 0 Å². The fraction of sp³-hybridized carbons (Fsp3) is 0.519. The molecule has 0 N–H and O–H groups in total. The number of likely N-dealkylation sites (tertiary alicyclic amines) is 1. The fourth-order valence-electron chi connectivity index (χ4n) is 6.79. The van der Waals surface area contributed by atoms with Gasteiger partial charge in [-0.1, -0.05) is 30.8 Å². The largest absolute Gasteiger partial charge is 0.467 e. The summed E-state index contributed by atoms with van der Waals surface area (Å²) in [6, 6.07) is 9.45. The van der Waals surface area contributed by atoms with Crippen LogP contribution in [0.5, 0.6) is 6.01 Å². The predicted molar refractivity (Wildman–Crippen MR) is 128 cm³/mol. The minimum absolute atomic E-state index is 0.0556. The summed E-state index contributed by atoms with van der Waals surface area (Å²) < 4.78 is 5.56. The van der Waals surface area contributed by atoms with Gasteiger partial charge < -0.3 is 14.5 Å². The van der Waals surface area contributed by atoms with E-state index in [-0.39, 0.29) is 16.7 Å². The second-order valence-corrected chi connectivity index (χ2v) is 10.5. The minimum atomic E-state index is 0.0556. The molecule has 2 saturated heterocycles. The van der Waals surface area contributed by atoms with Gasteiger partial charge in [0, 0.05) is 42.6 Å². The normalized spacial score (nSPS) is 24.9. The Morgan fingerprint density at radius 1 is 1.09 bits per heavy atom. The molecule has 2 spiro atoms. The monoisotopic (exact) mass is 444 g/mol. The quantitative estimate of drug-likeness (QED) is 0.679. The zero-order chi connectivity index (χ0) is 22.6. The summed E-state index contributed by atoms with van der Waals surface area (Å²) in [5, 5.41) is 0. The molecule has 0 bridgehead atoms. The van der Waals surface area contributed by atoms with E-state index in [1.807, 2.05) is 4.90 Å². The highest BCUT2D eigenvalue weighted by Crippen LogP contribution is 2.49. The number of carbonyl (C=O) groups is 1. The second-order valence-electron chi connectivity index (χ2n) is 10.5. The number of methoxy groups -OCH3 is 1. The summed E-state index contributed by atoms with van der Waals surface area (Å²) in [6.07, 6.45) is 9.14. The Kier molecular flexibility index (Phi) is 4.75. The highest BCUT2D eigenvalue weighted by molar-refractivity contribution is 5.87. The number of fused-ring (bicyclic) bond motifs is 3. The van der Waals surface area contributed by atoms with Gasteiger partial charge in [-0.25, -0.2) is 0 Å². The second kappa shape index (κ2) is 7.57. The van der Waals surface area contributed by atoms with Gasteiger partial charge >= 0.3 is 6.01 Å². The van der Waals surface area contributed by atoms with Crippen LogP contribution in [0.3, 0.4) is 0 Å². The Hall–Kier alpha value is -2.89. The predicted octanol–water partition coefficient (Wildman–Crippen LogP) is 3.47. The Balaban J connectivity index is 1.24. The van der Waals surface area contributed by atoms with E-state index >= 15 is 0 Å². The van der Waals surface area contributed by atoms with Crippen LogP contribution in [0.2, 0.25) is 0 Å². The van der Waals surface area contributed by atoms with E-state index in [4.69, 9.17) is 14.7 Å². The molecule has 172 valence electrons. The molecule has 3 heterocycles. The van der Waals surface area contributed by atoms with Gasteiger partial charge in [-0.2, -0.15) is 9.97 Å². The first kappa shape index (κ1) is 20.7. The number of aryl methyl sites for hydroxylation is 1. The summed E-state index contributed by atoms with van der Waals surface area (Å²) in [4.78, 5) is 25.9. The maximum Gasteiger partial charge on any atom is 0.318 e. The Bertz CT molecular complexity index is 1110. The summed E-state index contributed by atoms with van der Waals surface area (Å²) >= 11 is 0. The number of carbonyl (C=O) groups excluding carboxylic acids is 1. The molecule has 0 radical (unpaired) electrons. The zero-order valence-corrected chi connectivity index (χ0v) is 19.5. The lowest BCUT2D eigenvalue weighted by Gasteiger charge is -2.54. The van der Waals surface area contributed by atoms with Crippen LogP contribution in [0, 0.1) is 5.41 Å². The molecular formula is C27H32N4O2. The number of piperidine rings is 1. The molecule has 2 aromatic rings. The van der Waals surface area contributed by atoms with Gasteiger partial charge in [-0.3, -0.25) is 4.79 Å².